The summed E-state index contributed by atoms with van der Waals surface area (Å²) in [5.41, 5.74) is 4.05. The van der Waals surface area contributed by atoms with Crippen molar-refractivity contribution in [3.05, 3.63) is 94.3 Å². The largest absolute Gasteiger partial charge is 0.440 e. The van der Waals surface area contributed by atoms with Crippen molar-refractivity contribution in [1.82, 2.24) is 4.90 Å². The summed E-state index contributed by atoms with van der Waals surface area (Å²) in [5, 5.41) is 0. The number of amides is 1. The van der Waals surface area contributed by atoms with Gasteiger partial charge in [-0.05, 0) is 30.0 Å². The van der Waals surface area contributed by atoms with Crippen LogP contribution in [0.1, 0.15) is 32.6 Å². The highest BCUT2D eigenvalue weighted by atomic mass is 19.1. The van der Waals surface area contributed by atoms with Crippen LogP contribution in [0.4, 0.5) is 4.39 Å². The summed E-state index contributed by atoms with van der Waals surface area (Å²) >= 11 is 0. The Morgan fingerprint density at radius 1 is 0.844 bits per heavy atom. The Labute approximate surface area is 185 Å². The highest BCUT2D eigenvalue weighted by Gasteiger charge is 2.49. The van der Waals surface area contributed by atoms with Gasteiger partial charge in [0.1, 0.15) is 5.82 Å². The summed E-state index contributed by atoms with van der Waals surface area (Å²) in [4.78, 5) is 14.6. The van der Waals surface area contributed by atoms with Crippen LogP contribution < -0.4 is 9.47 Å². The van der Waals surface area contributed by atoms with Crippen LogP contribution in [0.2, 0.25) is 0 Å². The van der Waals surface area contributed by atoms with Crippen LogP contribution in [0.5, 0.6) is 11.5 Å². The Hall–Kier alpha value is -3.38. The van der Waals surface area contributed by atoms with Crippen LogP contribution in [-0.4, -0.2) is 37.1 Å². The molecule has 162 valence electrons. The topological polar surface area (TPSA) is 48.0 Å². The number of hydrogen-bond donors (Lipinski definition) is 0. The Bertz CT molecular complexity index is 1170. The van der Waals surface area contributed by atoms with E-state index < -0.39 is 11.6 Å². The van der Waals surface area contributed by atoms with E-state index in [0.29, 0.717) is 37.8 Å². The molecule has 3 aromatic rings. The van der Waals surface area contributed by atoms with E-state index in [9.17, 15) is 4.79 Å². The number of nitrogens with zero attached hydrogens (tertiary/aromatic N) is 1. The molecular weight excluding hydrogens is 409 g/mol. The van der Waals surface area contributed by atoms with E-state index in [1.807, 2.05) is 36.4 Å². The molecule has 0 bridgehead atoms. The highest BCUT2D eigenvalue weighted by molar-refractivity contribution is 5.95. The standard InChI is InChI=1S/C26H22FNO4/c27-22-16-24-23(15-19(22)25(29)28-11-13-30-14-12-28)31-26(32-24)20-7-3-1-5-17(20)9-10-18-6-2-4-8-21(18)26/h1-8,15-16H,9-14H2. The Morgan fingerprint density at radius 3 is 2.03 bits per heavy atom. The summed E-state index contributed by atoms with van der Waals surface area (Å²) in [5.74, 6) is -1.52. The summed E-state index contributed by atoms with van der Waals surface area (Å²) in [7, 11) is 0. The van der Waals surface area contributed by atoms with Crippen LogP contribution in [-0.2, 0) is 23.4 Å². The van der Waals surface area contributed by atoms with Gasteiger partial charge >= 0.3 is 5.79 Å². The monoisotopic (exact) mass is 431 g/mol. The van der Waals surface area contributed by atoms with Gasteiger partial charge in [-0.2, -0.15) is 0 Å². The van der Waals surface area contributed by atoms with Crippen molar-refractivity contribution in [3.63, 3.8) is 0 Å². The summed E-state index contributed by atoms with van der Waals surface area (Å²) in [6.07, 6.45) is 1.71. The fraction of sp³-hybridized carbons (Fsp3) is 0.269. The second-order valence-corrected chi connectivity index (χ2v) is 8.32. The second-order valence-electron chi connectivity index (χ2n) is 8.32. The smallest absolute Gasteiger partial charge is 0.306 e. The number of carbonyl (C=O) groups is 1. The maximum Gasteiger partial charge on any atom is 0.306 e. The average molecular weight is 431 g/mol. The Kier molecular flexibility index (Phi) is 4.43. The van der Waals surface area contributed by atoms with E-state index in [2.05, 4.69) is 12.1 Å². The number of rotatable bonds is 1. The number of morpholine rings is 1. The molecule has 5 nitrogen and oxygen atoms in total. The summed E-state index contributed by atoms with van der Waals surface area (Å²) < 4.78 is 33.3. The van der Waals surface area contributed by atoms with E-state index >= 15 is 4.39 Å². The zero-order valence-corrected chi connectivity index (χ0v) is 17.5. The molecule has 3 aromatic carbocycles. The first-order valence-corrected chi connectivity index (χ1v) is 10.9. The van der Waals surface area contributed by atoms with Gasteiger partial charge in [0.25, 0.3) is 5.91 Å². The third-order valence-electron chi connectivity index (χ3n) is 6.48. The molecular formula is C26H22FNO4. The lowest BCUT2D eigenvalue weighted by Gasteiger charge is -2.30. The third-order valence-corrected chi connectivity index (χ3v) is 6.48. The molecule has 1 amide bonds. The van der Waals surface area contributed by atoms with E-state index in [4.69, 9.17) is 14.2 Å². The fourth-order valence-electron chi connectivity index (χ4n) is 4.88. The molecule has 2 heterocycles. The molecule has 0 N–H and O–H groups in total. The average Bonchev–Trinajstić information content (AvgIpc) is 3.15. The third kappa shape index (κ3) is 2.90. The van der Waals surface area contributed by atoms with Gasteiger partial charge < -0.3 is 19.1 Å². The zero-order chi connectivity index (χ0) is 21.7. The van der Waals surface area contributed by atoms with Crippen LogP contribution >= 0.6 is 0 Å². The van der Waals surface area contributed by atoms with E-state index in [-0.39, 0.29) is 11.5 Å². The molecule has 1 spiro atoms. The molecule has 6 rings (SSSR count). The molecule has 2 aliphatic heterocycles. The molecule has 6 heteroatoms. The molecule has 1 fully saturated rings. The van der Waals surface area contributed by atoms with Crippen molar-refractivity contribution in [3.8, 4) is 11.5 Å². The minimum atomic E-state index is -1.21. The molecule has 0 aromatic heterocycles. The minimum absolute atomic E-state index is 0.0125. The molecule has 0 unspecified atom stereocenters. The van der Waals surface area contributed by atoms with Crippen LogP contribution in [0.3, 0.4) is 0 Å². The molecule has 1 saturated heterocycles. The van der Waals surface area contributed by atoms with Crippen molar-refractivity contribution in [2.45, 2.75) is 18.6 Å². The highest BCUT2D eigenvalue weighted by Crippen LogP contribution is 2.51. The van der Waals surface area contributed by atoms with Gasteiger partial charge in [0.2, 0.25) is 0 Å². The molecule has 3 aliphatic rings. The van der Waals surface area contributed by atoms with Gasteiger partial charge in [-0.3, -0.25) is 4.79 Å². The van der Waals surface area contributed by atoms with Gasteiger partial charge in [-0.1, -0.05) is 48.5 Å². The molecule has 0 atom stereocenters. The number of aryl methyl sites for hydroxylation is 2. The van der Waals surface area contributed by atoms with Crippen molar-refractivity contribution >= 4 is 5.91 Å². The van der Waals surface area contributed by atoms with Crippen molar-refractivity contribution in [1.29, 1.82) is 0 Å². The Morgan fingerprint density at radius 2 is 1.41 bits per heavy atom. The molecule has 0 radical (unpaired) electrons. The SMILES string of the molecule is O=C(c1cc2c(cc1F)OC1(O2)c2ccccc2CCc2ccccc21)N1CCOCC1. The summed E-state index contributed by atoms with van der Waals surface area (Å²) in [6.45, 7) is 1.79. The van der Waals surface area contributed by atoms with E-state index in [1.165, 1.54) is 12.1 Å². The first kappa shape index (κ1) is 19.3. The number of halogens is 1. The van der Waals surface area contributed by atoms with Gasteiger partial charge in [-0.25, -0.2) is 4.39 Å². The number of benzene rings is 3. The van der Waals surface area contributed by atoms with Crippen molar-refractivity contribution < 1.29 is 23.4 Å². The lowest BCUT2D eigenvalue weighted by Crippen LogP contribution is -2.41. The van der Waals surface area contributed by atoms with E-state index in [1.54, 1.807) is 4.90 Å². The number of hydrogen-bond acceptors (Lipinski definition) is 4. The first-order valence-electron chi connectivity index (χ1n) is 10.9. The molecule has 32 heavy (non-hydrogen) atoms. The van der Waals surface area contributed by atoms with Crippen molar-refractivity contribution in [2.24, 2.45) is 0 Å². The predicted octanol–water partition coefficient (Wildman–Crippen LogP) is 4.07. The van der Waals surface area contributed by atoms with Gasteiger partial charge in [0, 0.05) is 30.3 Å². The normalized spacial score (nSPS) is 18.1. The van der Waals surface area contributed by atoms with Crippen LogP contribution in [0, 0.1) is 5.82 Å². The predicted molar refractivity (Wildman–Crippen MR) is 115 cm³/mol. The van der Waals surface area contributed by atoms with Crippen LogP contribution in [0.25, 0.3) is 0 Å². The van der Waals surface area contributed by atoms with Gasteiger partial charge in [-0.15, -0.1) is 0 Å². The maximum atomic E-state index is 15.1. The lowest BCUT2D eigenvalue weighted by atomic mass is 9.93. The first-order chi connectivity index (χ1) is 15.7. The fourth-order valence-corrected chi connectivity index (χ4v) is 4.88. The van der Waals surface area contributed by atoms with Crippen LogP contribution in [0.15, 0.2) is 60.7 Å². The number of carbonyl (C=O) groups excluding carboxylic acids is 1. The maximum absolute atomic E-state index is 15.1. The molecule has 1 aliphatic carbocycles. The van der Waals surface area contributed by atoms with Gasteiger partial charge in [0.15, 0.2) is 11.5 Å². The quantitative estimate of drug-likeness (QED) is 0.583. The summed E-state index contributed by atoms with van der Waals surface area (Å²) in [6, 6.07) is 18.8. The minimum Gasteiger partial charge on any atom is -0.440 e. The number of fused-ring (bicyclic) bond motifs is 5. The van der Waals surface area contributed by atoms with E-state index in [0.717, 1.165) is 35.1 Å². The number of ether oxygens (including phenoxy) is 3. The molecule has 0 saturated carbocycles. The zero-order valence-electron chi connectivity index (χ0n) is 17.5. The lowest BCUT2D eigenvalue weighted by molar-refractivity contribution is -0.0464. The van der Waals surface area contributed by atoms with Gasteiger partial charge in [0.05, 0.1) is 18.8 Å². The Balaban J connectivity index is 1.46. The second kappa shape index (κ2) is 7.35. The van der Waals surface area contributed by atoms with Crippen molar-refractivity contribution in [2.75, 3.05) is 26.3 Å².